The van der Waals surface area contributed by atoms with Crippen LogP contribution >= 0.6 is 35.3 Å². The second-order valence-electron chi connectivity index (χ2n) is 38.9. The van der Waals surface area contributed by atoms with E-state index in [2.05, 4.69) is 156 Å². The number of nitrogens with one attached hydrogen (secondary N) is 2. The van der Waals surface area contributed by atoms with Crippen LogP contribution in [0.3, 0.4) is 0 Å². The van der Waals surface area contributed by atoms with Crippen molar-refractivity contribution in [2.24, 2.45) is 11.5 Å². The number of aliphatic carboxylic acids is 1. The molecule has 13 aromatic carbocycles. The van der Waals surface area contributed by atoms with Crippen LogP contribution in [0.5, 0.6) is 0 Å². The molecule has 0 radical (unpaired) electrons. The number of fused-ring (bicyclic) bond motifs is 6. The number of alkyl carbamates (subject to hydrolysis) is 2. The Morgan fingerprint density at radius 3 is 0.793 bits per heavy atom. The summed E-state index contributed by atoms with van der Waals surface area (Å²) in [5.41, 5.74) is 28.7. The van der Waals surface area contributed by atoms with Gasteiger partial charge in [-0.25, -0.2) is 28.8 Å². The number of rotatable bonds is 37. The zero-order valence-electron chi connectivity index (χ0n) is 88.0. The van der Waals surface area contributed by atoms with E-state index in [1.54, 1.807) is 51.6 Å². The van der Waals surface area contributed by atoms with Gasteiger partial charge in [-0.05, 0) is 170 Å². The Hall–Kier alpha value is -14.0. The number of carbonyl (C=O) groups is 8. The number of amides is 5. The maximum atomic E-state index is 14.2. The molecule has 0 aliphatic heterocycles. The Bertz CT molecular complexity index is 6040. The van der Waals surface area contributed by atoms with Crippen LogP contribution in [0.4, 0.5) is 24.0 Å². The number of benzene rings is 13. The SMILES string of the molecule is C.C.CN(CCCC(=O)[C@@H](N)CSC(c1ccccc1)(c1ccccc1)c1ccccc1)C(=O)OC(C)(C)C.CN(CCCC(=O)[C@H](CSC(c1ccccc1)(c1ccccc1)c1ccccc1)NC(=O)OCC1c2ccccc2-c2ccccc21)C(=O)OC(C)(C)C.CN(CCN)C(=O)OC(C)(C)C.O=C(N[C@@H](CSC(c1ccccc1)(c1ccccc1)c1ccccc1)C(=O)O)OCC1c2ccccc2-c2ccccc21.[2H]CC. The predicted octanol–water partition coefficient (Wildman–Crippen LogP) is 26.9. The van der Waals surface area contributed by atoms with E-state index < -0.39 is 79.5 Å². The Morgan fingerprint density at radius 1 is 0.340 bits per heavy atom. The van der Waals surface area contributed by atoms with E-state index in [9.17, 15) is 43.5 Å². The first kappa shape index (κ1) is 118. The molecule has 2 aliphatic carbocycles. The Morgan fingerprint density at radius 2 is 0.553 bits per heavy atom. The van der Waals surface area contributed by atoms with Crippen LogP contribution in [0.25, 0.3) is 22.3 Å². The first-order valence-electron chi connectivity index (χ1n) is 50.8. The van der Waals surface area contributed by atoms with Crippen molar-refractivity contribution >= 4 is 83.3 Å². The summed E-state index contributed by atoms with van der Waals surface area (Å²) in [7, 11) is 5.01. The lowest BCUT2D eigenvalue weighted by Gasteiger charge is -2.36. The molecule has 0 saturated heterocycles. The van der Waals surface area contributed by atoms with E-state index in [4.69, 9.17) is 36.5 Å². The smallest absolute Gasteiger partial charge is 0.410 e. The lowest BCUT2D eigenvalue weighted by atomic mass is 9.84. The maximum Gasteiger partial charge on any atom is 0.410 e. The van der Waals surface area contributed by atoms with Gasteiger partial charge < -0.3 is 65.6 Å². The number of nitrogens with two attached hydrogens (primary N) is 2. The third-order valence-corrected chi connectivity index (χ3v) is 29.8. The van der Waals surface area contributed by atoms with Gasteiger partial charge in [0.25, 0.3) is 0 Å². The van der Waals surface area contributed by atoms with Crippen molar-refractivity contribution in [1.82, 2.24) is 25.3 Å². The number of hydrogen-bond donors (Lipinski definition) is 5. The van der Waals surface area contributed by atoms with Crippen molar-refractivity contribution in [3.63, 3.8) is 0 Å². The highest BCUT2D eigenvalue weighted by molar-refractivity contribution is 8.01. The van der Waals surface area contributed by atoms with Crippen LogP contribution in [0.15, 0.2) is 370 Å². The summed E-state index contributed by atoms with van der Waals surface area (Å²) >= 11 is 4.77. The Balaban J connectivity index is 0.000000237. The first-order chi connectivity index (χ1) is 71.6. The number of carboxylic acid groups (broad SMARTS) is 1. The van der Waals surface area contributed by atoms with Crippen LogP contribution < -0.4 is 22.1 Å². The summed E-state index contributed by atoms with van der Waals surface area (Å²) in [6.07, 6.45) is -1.16. The minimum atomic E-state index is -1.17. The number of carbonyl (C=O) groups excluding carboxylic acids is 7. The molecule has 7 N–H and O–H groups in total. The third-order valence-electron chi connectivity index (χ3n) is 24.8. The fourth-order valence-corrected chi connectivity index (χ4v) is 22.5. The zero-order chi connectivity index (χ0) is 107. The summed E-state index contributed by atoms with van der Waals surface area (Å²) in [6, 6.07) is 122. The number of nitrogens with zero attached hydrogens (tertiary/aromatic N) is 3. The molecule has 0 spiro atoms. The number of ether oxygens (including phenoxy) is 5. The molecule has 13 aromatic rings. The molecule has 0 fully saturated rings. The van der Waals surface area contributed by atoms with Crippen LogP contribution in [-0.2, 0) is 52.3 Å². The molecule has 0 heterocycles. The number of thioether (sulfide) groups is 3. The summed E-state index contributed by atoms with van der Waals surface area (Å²) in [4.78, 5) is 107. The van der Waals surface area contributed by atoms with Gasteiger partial charge in [0, 0.05) is 90.6 Å². The van der Waals surface area contributed by atoms with Gasteiger partial charge >= 0.3 is 36.4 Å². The molecule has 0 unspecified atom stereocenters. The van der Waals surface area contributed by atoms with Gasteiger partial charge in [0.1, 0.15) is 41.8 Å². The molecular formula is C126H149N7O14S3. The normalized spacial score (nSPS) is 12.5. The monoisotopic (exact) mass is 2080 g/mol. The largest absolute Gasteiger partial charge is 0.480 e. The van der Waals surface area contributed by atoms with Crippen molar-refractivity contribution in [3.05, 3.63) is 442 Å². The molecule has 2 aliphatic rings. The number of ketones is 2. The summed E-state index contributed by atoms with van der Waals surface area (Å²) in [5.74, 6) is -0.662. The predicted molar refractivity (Wildman–Crippen MR) is 614 cm³/mol. The van der Waals surface area contributed by atoms with Gasteiger partial charge in [0.15, 0.2) is 5.78 Å². The van der Waals surface area contributed by atoms with Crippen LogP contribution in [0.1, 0.15) is 202 Å². The third kappa shape index (κ3) is 32.5. The van der Waals surface area contributed by atoms with E-state index in [-0.39, 0.29) is 75.5 Å². The Kier molecular flexibility index (Phi) is 45.3. The summed E-state index contributed by atoms with van der Waals surface area (Å²) < 4.78 is 31.9. The molecular weight excluding hydrogens is 1930 g/mol. The van der Waals surface area contributed by atoms with E-state index >= 15 is 0 Å². The second kappa shape index (κ2) is 57.7. The highest BCUT2D eigenvalue weighted by Gasteiger charge is 2.44. The molecule has 15 rings (SSSR count). The van der Waals surface area contributed by atoms with Gasteiger partial charge in [-0.15, -0.1) is 35.3 Å². The van der Waals surface area contributed by atoms with Gasteiger partial charge in [-0.2, -0.15) is 0 Å². The number of hydrogen-bond acceptors (Lipinski definition) is 18. The van der Waals surface area contributed by atoms with Gasteiger partial charge in [-0.3, -0.25) is 9.59 Å². The lowest BCUT2D eigenvalue weighted by Crippen LogP contribution is -2.44. The summed E-state index contributed by atoms with van der Waals surface area (Å²) in [5, 5.41) is 15.8. The van der Waals surface area contributed by atoms with Crippen LogP contribution in [-0.4, -0.2) is 181 Å². The van der Waals surface area contributed by atoms with Gasteiger partial charge in [0.05, 0.1) is 26.3 Å². The minimum absolute atomic E-state index is 0. The van der Waals surface area contributed by atoms with Crippen molar-refractivity contribution < 1.29 is 68.5 Å². The van der Waals surface area contributed by atoms with E-state index in [0.29, 0.717) is 58.1 Å². The van der Waals surface area contributed by atoms with E-state index in [1.165, 1.54) is 26.5 Å². The topological polar surface area (TPSA) is 289 Å². The average Bonchev–Trinajstić information content (AvgIpc) is 1.72. The lowest BCUT2D eigenvalue weighted by molar-refractivity contribution is -0.138. The molecule has 3 atom stereocenters. The molecule has 21 nitrogen and oxygen atoms in total. The number of likely N-dealkylation sites (N-methyl/N-ethyl adjacent to an activating group) is 1. The van der Waals surface area contributed by atoms with E-state index in [1.807, 2.05) is 287 Å². The van der Waals surface area contributed by atoms with Gasteiger partial charge in [0.2, 0.25) is 0 Å². The van der Waals surface area contributed by atoms with Crippen molar-refractivity contribution in [3.8, 4) is 22.3 Å². The fraction of sp³-hybridized carbons (Fsp3) is 0.317. The highest BCUT2D eigenvalue weighted by atomic mass is 32.2. The Labute approximate surface area is 902 Å². The highest BCUT2D eigenvalue weighted by Crippen LogP contribution is 2.53. The van der Waals surface area contributed by atoms with Crippen LogP contribution in [0.2, 0.25) is 0 Å². The maximum absolute atomic E-state index is 14.2. The van der Waals surface area contributed by atoms with E-state index in [0.717, 1.165) is 94.6 Å². The molecule has 0 bridgehead atoms. The van der Waals surface area contributed by atoms with Crippen LogP contribution in [0, 0.1) is 0 Å². The fourth-order valence-electron chi connectivity index (χ4n) is 17.8. The molecule has 0 saturated carbocycles. The average molecular weight is 2080 g/mol. The number of Topliss-reactive ketones (excluding diaryl/α,β-unsaturated/α-hetero) is 2. The molecule has 150 heavy (non-hydrogen) atoms. The standard InChI is InChI=1S/C46H48N2O5S.C37H31NO4S.C31H38N2O3S.C8H18N2O2.C2H6.2CH4/c1-45(2,3)53-44(51)48(4)30-18-29-42(49)41(47-43(50)52-31-40-38-27-16-14-25-36(38)37-26-15-17-28-39(37)40)32-54-46(33-19-8-5-9-20-33,34-21-10-6-11-22-34)35-23-12-7-13-24-35;39-35(40)34(38-36(41)42-24-33-31-22-12-10-20-29(31)30-21-11-13-23-32(30)33)25-43-37(26-14-4-1-5-15-26,27-16-6-2-7-17-27)28-18-8-3-9-19-28;1-30(2,3)36-29(35)33(4)22-14-21-28(34)27(32)23-37-31(24-15-8-5-9-16-24,25-17-10-6-11-18-25)26-19-12-7-13-20-26;1-8(2,3)12-7(11)10(4)6-5-9;1-2;;/h5-17,19-28,40-41H,18,29-32H2,1-4H3,(H,47,50);1-23,33-34H,24-25H2,(H,38,41)(H,39,40);5-13,15-20,27H,14,21-23,32H2,1-4H3;5-6,9H2,1-4H3;1-2H3;2*1H4/t41-;34-;27-;;;;/m000..../s1/i;;;;1D;;. The molecule has 790 valence electrons. The zero-order valence-corrected chi connectivity index (χ0v) is 89.4. The van der Waals surface area contributed by atoms with Crippen molar-refractivity contribution in [1.29, 1.82) is 0 Å². The first-order valence-corrected chi connectivity index (χ1v) is 53.0. The van der Waals surface area contributed by atoms with Crippen molar-refractivity contribution in [2.45, 2.75) is 178 Å². The molecule has 0 aromatic heterocycles. The number of carboxylic acids is 1. The second-order valence-corrected chi connectivity index (χ2v) is 42.6. The van der Waals surface area contributed by atoms with Gasteiger partial charge in [-0.1, -0.05) is 399 Å². The summed E-state index contributed by atoms with van der Waals surface area (Å²) in [6.45, 7) is 20.7. The quantitative estimate of drug-likeness (QED) is 0.0179. The molecule has 24 heteroatoms. The van der Waals surface area contributed by atoms with Crippen molar-refractivity contribution in [2.75, 3.05) is 77.8 Å². The molecule has 5 amide bonds. The minimum Gasteiger partial charge on any atom is -0.480 e.